The van der Waals surface area contributed by atoms with Crippen LogP contribution in [0.4, 0.5) is 0 Å². The van der Waals surface area contributed by atoms with E-state index in [-0.39, 0.29) is 23.0 Å². The van der Waals surface area contributed by atoms with Crippen LogP contribution < -0.4 is 0 Å². The summed E-state index contributed by atoms with van der Waals surface area (Å²) in [5.74, 6) is -2.38. The lowest BCUT2D eigenvalue weighted by molar-refractivity contribution is -0.148. The van der Waals surface area contributed by atoms with Crippen LogP contribution in [-0.2, 0) is 26.8 Å². The van der Waals surface area contributed by atoms with Gasteiger partial charge in [0.15, 0.2) is 0 Å². The van der Waals surface area contributed by atoms with Gasteiger partial charge in [-0.25, -0.2) is 4.79 Å². The number of ketones is 1. The highest BCUT2D eigenvalue weighted by Crippen LogP contribution is 2.37. The monoisotopic (exact) mass is 292 g/mol. The normalized spacial score (nSPS) is 12.3. The molecule has 1 aromatic carbocycles. The van der Waals surface area contributed by atoms with Crippen molar-refractivity contribution in [1.29, 1.82) is 0 Å². The van der Waals surface area contributed by atoms with E-state index in [9.17, 15) is 14.7 Å². The molecule has 2 N–H and O–H groups in total. The Morgan fingerprint density at radius 3 is 1.90 bits per heavy atom. The van der Waals surface area contributed by atoms with Crippen molar-refractivity contribution in [2.75, 3.05) is 0 Å². The third-order valence-corrected chi connectivity index (χ3v) is 3.45. The maximum Gasteiger partial charge on any atom is 0.372 e. The molecule has 21 heavy (non-hydrogen) atoms. The molecular formula is C17H24O4. The van der Waals surface area contributed by atoms with Crippen molar-refractivity contribution >= 4 is 11.8 Å². The van der Waals surface area contributed by atoms with Crippen LogP contribution in [0.25, 0.3) is 0 Å². The quantitative estimate of drug-likeness (QED) is 0.839. The maximum absolute atomic E-state index is 11.5. The highest BCUT2D eigenvalue weighted by Gasteiger charge is 2.26. The first-order valence-electron chi connectivity index (χ1n) is 6.97. The Morgan fingerprint density at radius 2 is 1.52 bits per heavy atom. The van der Waals surface area contributed by atoms with Gasteiger partial charge < -0.3 is 10.2 Å². The van der Waals surface area contributed by atoms with Crippen molar-refractivity contribution < 1.29 is 19.8 Å². The van der Waals surface area contributed by atoms with Gasteiger partial charge in [-0.1, -0.05) is 53.7 Å². The lowest BCUT2D eigenvalue weighted by atomic mass is 9.78. The van der Waals surface area contributed by atoms with E-state index in [1.165, 1.54) is 0 Å². The van der Waals surface area contributed by atoms with Crippen molar-refractivity contribution in [2.45, 2.75) is 58.8 Å². The molecule has 4 nitrogen and oxygen atoms in total. The summed E-state index contributed by atoms with van der Waals surface area (Å²) in [6, 6.07) is 3.66. The number of carbonyl (C=O) groups is 2. The second kappa shape index (κ2) is 5.51. The van der Waals surface area contributed by atoms with Gasteiger partial charge in [-0.15, -0.1) is 0 Å². The molecule has 0 unspecified atom stereocenters. The SMILES string of the molecule is CC(C)(C)c1cc(CC(=O)C(=O)O)c(O)c(C(C)(C)C)c1. The van der Waals surface area contributed by atoms with Gasteiger partial charge in [-0.05, 0) is 22.0 Å². The van der Waals surface area contributed by atoms with Gasteiger partial charge in [0.1, 0.15) is 5.75 Å². The van der Waals surface area contributed by atoms with Crippen molar-refractivity contribution in [3.05, 3.63) is 28.8 Å². The Labute approximate surface area is 125 Å². The first kappa shape index (κ1) is 17.2. The van der Waals surface area contributed by atoms with E-state index in [2.05, 4.69) is 0 Å². The third kappa shape index (κ3) is 4.06. The summed E-state index contributed by atoms with van der Waals surface area (Å²) in [5.41, 5.74) is 1.61. The van der Waals surface area contributed by atoms with Gasteiger partial charge in [0.2, 0.25) is 5.78 Å². The molecular weight excluding hydrogens is 268 g/mol. The number of phenols is 1. The summed E-state index contributed by atoms with van der Waals surface area (Å²) in [6.45, 7) is 12.0. The van der Waals surface area contributed by atoms with E-state index in [1.807, 2.05) is 47.6 Å². The molecule has 1 aromatic rings. The lowest BCUT2D eigenvalue weighted by Gasteiger charge is -2.27. The fourth-order valence-corrected chi connectivity index (χ4v) is 2.08. The van der Waals surface area contributed by atoms with Gasteiger partial charge in [-0.2, -0.15) is 0 Å². The van der Waals surface area contributed by atoms with Crippen molar-refractivity contribution in [2.24, 2.45) is 0 Å². The molecule has 0 aliphatic carbocycles. The molecule has 0 saturated carbocycles. The number of carboxylic acid groups (broad SMARTS) is 1. The topological polar surface area (TPSA) is 74.6 Å². The number of Topliss-reactive ketones (excluding diaryl/α,β-unsaturated/α-hetero) is 1. The summed E-state index contributed by atoms with van der Waals surface area (Å²) < 4.78 is 0. The maximum atomic E-state index is 11.5. The van der Waals surface area contributed by atoms with E-state index >= 15 is 0 Å². The first-order chi connectivity index (χ1) is 9.34. The number of phenolic OH excluding ortho intramolecular Hbond substituents is 1. The smallest absolute Gasteiger partial charge is 0.372 e. The van der Waals surface area contributed by atoms with Crippen LogP contribution in [0.3, 0.4) is 0 Å². The number of aliphatic carboxylic acids is 1. The minimum atomic E-state index is -1.48. The third-order valence-electron chi connectivity index (χ3n) is 3.45. The molecule has 0 fully saturated rings. The molecule has 0 heterocycles. The fraction of sp³-hybridized carbons (Fsp3) is 0.529. The standard InChI is InChI=1S/C17H24O4/c1-16(2,3)11-7-10(8-13(18)15(20)21)14(19)12(9-11)17(4,5)6/h7,9,19H,8H2,1-6H3,(H,20,21). The molecule has 0 aliphatic heterocycles. The first-order valence-corrected chi connectivity index (χ1v) is 6.97. The molecule has 1 rings (SSSR count). The van der Waals surface area contributed by atoms with Crippen molar-refractivity contribution in [3.63, 3.8) is 0 Å². The van der Waals surface area contributed by atoms with Gasteiger partial charge in [0, 0.05) is 12.0 Å². The minimum Gasteiger partial charge on any atom is -0.507 e. The summed E-state index contributed by atoms with van der Waals surface area (Å²) in [4.78, 5) is 22.2. The van der Waals surface area contributed by atoms with Crippen LogP contribution in [0.5, 0.6) is 5.75 Å². The second-order valence-electron chi connectivity index (χ2n) is 7.44. The molecule has 0 aromatic heterocycles. The average molecular weight is 292 g/mol. The van der Waals surface area contributed by atoms with Crippen LogP contribution in [-0.4, -0.2) is 22.0 Å². The van der Waals surface area contributed by atoms with E-state index in [4.69, 9.17) is 5.11 Å². The van der Waals surface area contributed by atoms with E-state index in [0.717, 1.165) is 11.1 Å². The van der Waals surface area contributed by atoms with Crippen molar-refractivity contribution in [3.8, 4) is 5.75 Å². The van der Waals surface area contributed by atoms with Crippen molar-refractivity contribution in [1.82, 2.24) is 0 Å². The van der Waals surface area contributed by atoms with Gasteiger partial charge in [0.05, 0.1) is 0 Å². The van der Waals surface area contributed by atoms with Gasteiger partial charge in [0.25, 0.3) is 0 Å². The number of benzene rings is 1. The average Bonchev–Trinajstić information content (AvgIpc) is 2.28. The molecule has 0 spiro atoms. The lowest BCUT2D eigenvalue weighted by Crippen LogP contribution is -2.20. The predicted molar refractivity (Wildman–Crippen MR) is 81.9 cm³/mol. The molecule has 0 amide bonds. The number of carboxylic acids is 1. The van der Waals surface area contributed by atoms with Crippen LogP contribution in [0.15, 0.2) is 12.1 Å². The molecule has 0 aliphatic rings. The number of carbonyl (C=O) groups excluding carboxylic acids is 1. The Hall–Kier alpha value is -1.84. The Morgan fingerprint density at radius 1 is 1.00 bits per heavy atom. The van der Waals surface area contributed by atoms with E-state index in [0.29, 0.717) is 5.56 Å². The zero-order chi connectivity index (χ0) is 16.6. The Kier molecular flexibility index (Phi) is 4.51. The van der Waals surface area contributed by atoms with Crippen LogP contribution in [0.1, 0.15) is 58.2 Å². The fourth-order valence-electron chi connectivity index (χ4n) is 2.08. The summed E-state index contributed by atoms with van der Waals surface area (Å²) >= 11 is 0. The second-order valence-corrected chi connectivity index (χ2v) is 7.44. The summed E-state index contributed by atoms with van der Waals surface area (Å²) in [5, 5.41) is 19.2. The highest BCUT2D eigenvalue weighted by atomic mass is 16.4. The minimum absolute atomic E-state index is 0.0186. The van der Waals surface area contributed by atoms with E-state index in [1.54, 1.807) is 6.07 Å². The van der Waals surface area contributed by atoms with Crippen LogP contribution in [0, 0.1) is 0 Å². The Balaban J connectivity index is 3.49. The predicted octanol–water partition coefficient (Wildman–Crippen LogP) is 3.18. The zero-order valence-electron chi connectivity index (χ0n) is 13.6. The summed E-state index contributed by atoms with van der Waals surface area (Å²) in [7, 11) is 0. The molecule has 0 atom stereocenters. The Bertz CT molecular complexity index is 572. The van der Waals surface area contributed by atoms with E-state index < -0.39 is 11.8 Å². The van der Waals surface area contributed by atoms with Crippen LogP contribution >= 0.6 is 0 Å². The molecule has 4 heteroatoms. The number of hydrogen-bond acceptors (Lipinski definition) is 3. The molecule has 0 bridgehead atoms. The largest absolute Gasteiger partial charge is 0.507 e. The molecule has 116 valence electrons. The van der Waals surface area contributed by atoms with Gasteiger partial charge in [-0.3, -0.25) is 4.79 Å². The molecule has 0 saturated heterocycles. The van der Waals surface area contributed by atoms with Gasteiger partial charge >= 0.3 is 5.97 Å². The van der Waals surface area contributed by atoms with Crippen LogP contribution in [0.2, 0.25) is 0 Å². The number of rotatable bonds is 3. The summed E-state index contributed by atoms with van der Waals surface area (Å²) in [6.07, 6.45) is -0.297. The highest BCUT2D eigenvalue weighted by molar-refractivity contribution is 6.33. The zero-order valence-corrected chi connectivity index (χ0v) is 13.6. The number of aromatic hydroxyl groups is 1. The number of hydrogen-bond donors (Lipinski definition) is 2. The molecule has 0 radical (unpaired) electrons.